The fourth-order valence-electron chi connectivity index (χ4n) is 5.10. The first-order valence-electron chi connectivity index (χ1n) is 13.2. The third kappa shape index (κ3) is 4.29. The van der Waals surface area contributed by atoms with E-state index >= 15 is 0 Å². The quantitative estimate of drug-likeness (QED) is 0.211. The molecule has 2 aromatic heterocycles. The Morgan fingerprint density at radius 2 is 0.900 bits per heavy atom. The van der Waals surface area contributed by atoms with Crippen molar-refractivity contribution in [1.82, 2.24) is 9.38 Å². The van der Waals surface area contributed by atoms with E-state index in [1.807, 2.05) is 34.9 Å². The fraction of sp³-hybridized carbons (Fsp3) is 0. The van der Waals surface area contributed by atoms with Gasteiger partial charge in [0.1, 0.15) is 12.0 Å². The summed E-state index contributed by atoms with van der Waals surface area (Å²) in [4.78, 5) is 9.42. The zero-order valence-electron chi connectivity index (χ0n) is 21.7. The Kier molecular flexibility index (Phi) is 6.07. The van der Waals surface area contributed by atoms with Crippen LogP contribution in [0.2, 0.25) is 0 Å². The Labute approximate surface area is 232 Å². The van der Waals surface area contributed by atoms with E-state index in [4.69, 9.17) is 9.40 Å². The van der Waals surface area contributed by atoms with Gasteiger partial charge in [-0.25, -0.2) is 0 Å². The van der Waals surface area contributed by atoms with Crippen LogP contribution in [-0.2, 0) is 0 Å². The van der Waals surface area contributed by atoms with Gasteiger partial charge in [0, 0.05) is 34.0 Å². The van der Waals surface area contributed by atoms with Gasteiger partial charge < -0.3 is 9.32 Å². The SMILES string of the molecule is c1ccc(N(c2ccccc2)c2ccc(-c3nc4occn4c3N(c3ccccc3)c3ccccc3)cc2)cc1. The van der Waals surface area contributed by atoms with Gasteiger partial charge in [-0.15, -0.1) is 0 Å². The molecule has 7 aromatic rings. The van der Waals surface area contributed by atoms with Gasteiger partial charge in [0.05, 0.1) is 6.20 Å². The molecule has 5 aromatic carbocycles. The highest BCUT2D eigenvalue weighted by Gasteiger charge is 2.24. The lowest BCUT2D eigenvalue weighted by atomic mass is 10.1. The average molecular weight is 519 g/mol. The molecule has 7 rings (SSSR count). The first-order valence-corrected chi connectivity index (χ1v) is 13.2. The molecule has 0 radical (unpaired) electrons. The van der Waals surface area contributed by atoms with Gasteiger partial charge in [-0.3, -0.25) is 9.30 Å². The molecule has 0 atom stereocenters. The topological polar surface area (TPSA) is 36.9 Å². The molecule has 5 heteroatoms. The summed E-state index contributed by atoms with van der Waals surface area (Å²) in [5.41, 5.74) is 7.17. The highest BCUT2D eigenvalue weighted by atomic mass is 16.3. The highest BCUT2D eigenvalue weighted by molar-refractivity contribution is 5.87. The molecule has 0 aliphatic heterocycles. The minimum Gasteiger partial charge on any atom is -0.432 e. The van der Waals surface area contributed by atoms with Crippen LogP contribution >= 0.6 is 0 Å². The van der Waals surface area contributed by atoms with Gasteiger partial charge in [-0.2, -0.15) is 4.98 Å². The summed E-state index contributed by atoms with van der Waals surface area (Å²) in [5.74, 6) is 1.46. The van der Waals surface area contributed by atoms with Crippen LogP contribution in [0.5, 0.6) is 0 Å². The van der Waals surface area contributed by atoms with E-state index in [9.17, 15) is 0 Å². The Hall–Kier alpha value is -5.55. The Morgan fingerprint density at radius 3 is 1.38 bits per heavy atom. The summed E-state index contributed by atoms with van der Waals surface area (Å²) in [6, 6.07) is 50.1. The summed E-state index contributed by atoms with van der Waals surface area (Å²) < 4.78 is 7.78. The lowest BCUT2D eigenvalue weighted by Crippen LogP contribution is -2.13. The van der Waals surface area contributed by atoms with Crippen molar-refractivity contribution in [3.05, 3.63) is 158 Å². The third-order valence-corrected chi connectivity index (χ3v) is 6.91. The highest BCUT2D eigenvalue weighted by Crippen LogP contribution is 2.42. The molecular formula is C35H26N4O. The molecule has 192 valence electrons. The molecule has 0 saturated carbocycles. The minimum absolute atomic E-state index is 0.543. The van der Waals surface area contributed by atoms with Crippen LogP contribution in [0.3, 0.4) is 0 Å². The van der Waals surface area contributed by atoms with Crippen molar-refractivity contribution >= 4 is 40.1 Å². The van der Waals surface area contributed by atoms with Gasteiger partial charge in [0.25, 0.3) is 0 Å². The maximum Gasteiger partial charge on any atom is 0.308 e. The van der Waals surface area contributed by atoms with Crippen LogP contribution in [0.15, 0.2) is 162 Å². The number of nitrogens with zero attached hydrogens (tertiary/aromatic N) is 4. The second-order valence-corrected chi connectivity index (χ2v) is 9.40. The molecule has 2 heterocycles. The van der Waals surface area contributed by atoms with Crippen LogP contribution in [0.4, 0.5) is 34.3 Å². The summed E-state index contributed by atoms with van der Waals surface area (Å²) >= 11 is 0. The lowest BCUT2D eigenvalue weighted by Gasteiger charge is -2.26. The van der Waals surface area contributed by atoms with E-state index in [-0.39, 0.29) is 0 Å². The Balaban J connectivity index is 1.37. The predicted octanol–water partition coefficient (Wildman–Crippen LogP) is 9.53. The van der Waals surface area contributed by atoms with Crippen molar-refractivity contribution in [2.45, 2.75) is 0 Å². The molecule has 0 aliphatic carbocycles. The molecule has 0 saturated heterocycles. The average Bonchev–Trinajstić information content (AvgIpc) is 3.63. The van der Waals surface area contributed by atoms with Gasteiger partial charge in [0.2, 0.25) is 0 Å². The van der Waals surface area contributed by atoms with E-state index in [1.54, 1.807) is 6.26 Å². The second kappa shape index (κ2) is 10.3. The Bertz CT molecular complexity index is 1750. The van der Waals surface area contributed by atoms with E-state index in [0.717, 1.165) is 45.5 Å². The predicted molar refractivity (Wildman–Crippen MR) is 162 cm³/mol. The Morgan fingerprint density at radius 1 is 0.475 bits per heavy atom. The molecule has 5 nitrogen and oxygen atoms in total. The number of benzene rings is 5. The van der Waals surface area contributed by atoms with Crippen molar-refractivity contribution in [2.75, 3.05) is 9.80 Å². The smallest absolute Gasteiger partial charge is 0.308 e. The monoisotopic (exact) mass is 518 g/mol. The standard InChI is InChI=1S/C35H26N4O/c1-5-13-28(14-6-1)38(29-15-7-2-8-16-29)32-23-21-27(22-24-32)33-34(37-25-26-40-35(37)36-33)39(30-17-9-3-10-18-30)31-19-11-4-12-20-31/h1-26H. The van der Waals surface area contributed by atoms with Crippen molar-refractivity contribution in [3.8, 4) is 11.3 Å². The van der Waals surface area contributed by atoms with Crippen molar-refractivity contribution in [1.29, 1.82) is 0 Å². The molecule has 0 N–H and O–H groups in total. The van der Waals surface area contributed by atoms with Crippen LogP contribution in [0.25, 0.3) is 17.1 Å². The number of aromatic nitrogens is 2. The van der Waals surface area contributed by atoms with Gasteiger partial charge >= 0.3 is 5.84 Å². The molecule has 0 unspecified atom stereocenters. The number of imidazole rings is 1. The molecule has 0 aliphatic rings. The van der Waals surface area contributed by atoms with E-state index < -0.39 is 0 Å². The maximum atomic E-state index is 5.78. The van der Waals surface area contributed by atoms with Crippen molar-refractivity contribution < 1.29 is 4.42 Å². The zero-order chi connectivity index (χ0) is 26.7. The molecule has 0 bridgehead atoms. The molecule has 0 amide bonds. The number of rotatable bonds is 7. The molecule has 40 heavy (non-hydrogen) atoms. The van der Waals surface area contributed by atoms with Gasteiger partial charge in [-0.1, -0.05) is 84.9 Å². The summed E-state index contributed by atoms with van der Waals surface area (Å²) in [6.45, 7) is 0. The number of fused-ring (bicyclic) bond motifs is 1. The zero-order valence-corrected chi connectivity index (χ0v) is 21.7. The van der Waals surface area contributed by atoms with Crippen molar-refractivity contribution in [2.24, 2.45) is 0 Å². The third-order valence-electron chi connectivity index (χ3n) is 6.91. The molecule has 0 spiro atoms. The second-order valence-electron chi connectivity index (χ2n) is 9.40. The van der Waals surface area contributed by atoms with E-state index in [1.165, 1.54) is 0 Å². The number of hydrogen-bond acceptors (Lipinski definition) is 4. The summed E-state index contributed by atoms with van der Waals surface area (Å²) in [5, 5.41) is 0. The van der Waals surface area contributed by atoms with Gasteiger partial charge in [-0.05, 0) is 60.7 Å². The maximum absolute atomic E-state index is 5.78. The van der Waals surface area contributed by atoms with Crippen LogP contribution in [0, 0.1) is 0 Å². The number of hydrogen-bond donors (Lipinski definition) is 0. The van der Waals surface area contributed by atoms with Crippen LogP contribution in [-0.4, -0.2) is 9.38 Å². The fourth-order valence-corrected chi connectivity index (χ4v) is 5.10. The first-order chi connectivity index (χ1) is 19.9. The molecule has 0 fully saturated rings. The molecular weight excluding hydrogens is 492 g/mol. The van der Waals surface area contributed by atoms with E-state index in [2.05, 4.69) is 131 Å². The minimum atomic E-state index is 0.543. The van der Waals surface area contributed by atoms with Gasteiger partial charge in [0.15, 0.2) is 5.82 Å². The summed E-state index contributed by atoms with van der Waals surface area (Å²) in [7, 11) is 0. The summed E-state index contributed by atoms with van der Waals surface area (Å²) in [6.07, 6.45) is 3.59. The first kappa shape index (κ1) is 23.6. The van der Waals surface area contributed by atoms with Crippen LogP contribution in [0.1, 0.15) is 0 Å². The normalized spacial score (nSPS) is 11.0. The largest absolute Gasteiger partial charge is 0.432 e. The lowest BCUT2D eigenvalue weighted by molar-refractivity contribution is 0.596. The number of oxazole rings is 1. The van der Waals surface area contributed by atoms with Crippen molar-refractivity contribution in [3.63, 3.8) is 0 Å². The number of para-hydroxylation sites is 4. The van der Waals surface area contributed by atoms with Crippen LogP contribution < -0.4 is 9.80 Å². The van der Waals surface area contributed by atoms with E-state index in [0.29, 0.717) is 5.84 Å². The number of anilines is 6.